The molecule has 2 aliphatic carbocycles. The molecule has 0 saturated heterocycles. The van der Waals surface area contributed by atoms with Crippen molar-refractivity contribution in [2.75, 3.05) is 12.4 Å². The summed E-state index contributed by atoms with van der Waals surface area (Å²) in [6.07, 6.45) is 7.44. The average molecular weight is 468 g/mol. The van der Waals surface area contributed by atoms with Gasteiger partial charge < -0.3 is 15.8 Å². The van der Waals surface area contributed by atoms with Crippen LogP contribution in [-0.2, 0) is 46.2 Å². The van der Waals surface area contributed by atoms with E-state index in [1.165, 1.54) is 63.3 Å². The van der Waals surface area contributed by atoms with Crippen molar-refractivity contribution in [2.45, 2.75) is 63.1 Å². The summed E-state index contributed by atoms with van der Waals surface area (Å²) in [5.41, 5.74) is 12.7. The SMILES string of the molecule is CC(OC(F)F)c1ccc(S(N)=O)cc1.CNc1c2c(cc3c1CCC3)CCC2.NC=O. The Balaban J connectivity index is 0.000000202. The largest absolute Gasteiger partial charge is 0.388 e. The minimum Gasteiger partial charge on any atom is -0.388 e. The van der Waals surface area contributed by atoms with Gasteiger partial charge >= 0.3 is 6.61 Å². The minimum atomic E-state index is -2.80. The third kappa shape index (κ3) is 6.82. The van der Waals surface area contributed by atoms with Crippen LogP contribution in [0.15, 0.2) is 35.2 Å². The van der Waals surface area contributed by atoms with E-state index in [4.69, 9.17) is 9.93 Å². The second kappa shape index (κ2) is 12.6. The van der Waals surface area contributed by atoms with Crippen LogP contribution in [0.1, 0.15) is 53.7 Å². The number of rotatable bonds is 5. The van der Waals surface area contributed by atoms with E-state index in [-0.39, 0.29) is 6.41 Å². The first-order valence-corrected chi connectivity index (χ1v) is 11.7. The van der Waals surface area contributed by atoms with Crippen LogP contribution < -0.4 is 16.2 Å². The zero-order chi connectivity index (χ0) is 23.7. The number of carbonyl (C=O) groups is 1. The van der Waals surface area contributed by atoms with Crippen molar-refractivity contribution in [3.63, 3.8) is 0 Å². The Morgan fingerprint density at radius 1 is 1.06 bits per heavy atom. The van der Waals surface area contributed by atoms with Gasteiger partial charge in [0, 0.05) is 12.7 Å². The van der Waals surface area contributed by atoms with Gasteiger partial charge in [-0.15, -0.1) is 0 Å². The maximum Gasteiger partial charge on any atom is 0.345 e. The van der Waals surface area contributed by atoms with E-state index in [2.05, 4.69) is 28.9 Å². The number of hydrogen-bond donors (Lipinski definition) is 3. The van der Waals surface area contributed by atoms with Crippen LogP contribution in [0, 0.1) is 0 Å². The van der Waals surface area contributed by atoms with E-state index < -0.39 is 23.7 Å². The van der Waals surface area contributed by atoms with Crippen molar-refractivity contribution < 1.29 is 22.5 Å². The Kier molecular flexibility index (Phi) is 10.2. The summed E-state index contributed by atoms with van der Waals surface area (Å²) in [5, 5.41) is 8.57. The quantitative estimate of drug-likeness (QED) is 0.582. The number of hydrogen-bond acceptors (Lipinski definition) is 4. The molecule has 0 saturated carbocycles. The van der Waals surface area contributed by atoms with Gasteiger partial charge in [-0.3, -0.25) is 4.79 Å². The monoisotopic (exact) mass is 467 g/mol. The number of carbonyl (C=O) groups excluding carboxylic acids is 1. The van der Waals surface area contributed by atoms with Crippen molar-refractivity contribution in [3.8, 4) is 0 Å². The van der Waals surface area contributed by atoms with Crippen molar-refractivity contribution in [1.29, 1.82) is 0 Å². The fourth-order valence-electron chi connectivity index (χ4n) is 4.22. The molecule has 2 atom stereocenters. The summed E-state index contributed by atoms with van der Waals surface area (Å²) in [6, 6.07) is 8.65. The van der Waals surface area contributed by atoms with Gasteiger partial charge in [0.2, 0.25) is 6.41 Å². The number of amides is 1. The number of benzene rings is 2. The minimum absolute atomic E-state index is 0.250. The first kappa shape index (κ1) is 25.9. The number of nitrogens with one attached hydrogen (secondary N) is 1. The van der Waals surface area contributed by atoms with Crippen LogP contribution in [0.3, 0.4) is 0 Å². The van der Waals surface area contributed by atoms with Crippen molar-refractivity contribution in [2.24, 2.45) is 10.9 Å². The zero-order valence-corrected chi connectivity index (χ0v) is 19.2. The van der Waals surface area contributed by atoms with Gasteiger partial charge in [-0.1, -0.05) is 18.2 Å². The Bertz CT molecular complexity index is 891. The predicted molar refractivity (Wildman–Crippen MR) is 123 cm³/mol. The molecule has 5 N–H and O–H groups in total. The molecule has 0 spiro atoms. The summed E-state index contributed by atoms with van der Waals surface area (Å²) >= 11 is 0. The van der Waals surface area contributed by atoms with Gasteiger partial charge in [-0.05, 0) is 85.4 Å². The van der Waals surface area contributed by atoms with Gasteiger partial charge in [0.05, 0.1) is 11.0 Å². The van der Waals surface area contributed by atoms with E-state index in [0.29, 0.717) is 10.5 Å². The Labute approximate surface area is 190 Å². The van der Waals surface area contributed by atoms with Gasteiger partial charge in [0.1, 0.15) is 11.0 Å². The molecule has 32 heavy (non-hydrogen) atoms. The number of anilines is 1. The van der Waals surface area contributed by atoms with Crippen LogP contribution in [0.4, 0.5) is 14.5 Å². The van der Waals surface area contributed by atoms with Crippen LogP contribution in [0.25, 0.3) is 0 Å². The topological polar surface area (TPSA) is 107 Å². The molecule has 0 heterocycles. The summed E-state index contributed by atoms with van der Waals surface area (Å²) in [4.78, 5) is 9.03. The molecule has 0 aromatic heterocycles. The Hall–Kier alpha value is -2.36. The number of fused-ring (bicyclic) bond motifs is 2. The van der Waals surface area contributed by atoms with Crippen LogP contribution >= 0.6 is 0 Å². The highest BCUT2D eigenvalue weighted by atomic mass is 32.2. The van der Waals surface area contributed by atoms with Crippen molar-refractivity contribution in [1.82, 2.24) is 0 Å². The number of nitrogens with two attached hydrogens (primary N) is 2. The third-order valence-electron chi connectivity index (χ3n) is 5.61. The molecular weight excluding hydrogens is 436 g/mol. The van der Waals surface area contributed by atoms with Gasteiger partial charge in [-0.2, -0.15) is 8.78 Å². The molecule has 2 aromatic carbocycles. The highest BCUT2D eigenvalue weighted by molar-refractivity contribution is 7.82. The van der Waals surface area contributed by atoms with E-state index in [0.717, 1.165) is 0 Å². The lowest BCUT2D eigenvalue weighted by molar-refractivity contribution is -0.159. The summed E-state index contributed by atoms with van der Waals surface area (Å²) in [5.74, 6) is 0. The first-order chi connectivity index (χ1) is 15.3. The lowest BCUT2D eigenvalue weighted by Gasteiger charge is -2.14. The third-order valence-corrected chi connectivity index (χ3v) is 6.35. The van der Waals surface area contributed by atoms with E-state index in [9.17, 15) is 13.0 Å². The molecule has 6 nitrogen and oxygen atoms in total. The highest BCUT2D eigenvalue weighted by Gasteiger charge is 2.22. The van der Waals surface area contributed by atoms with E-state index >= 15 is 0 Å². The summed E-state index contributed by atoms with van der Waals surface area (Å²) < 4.78 is 38.9. The van der Waals surface area contributed by atoms with Gasteiger partial charge in [0.15, 0.2) is 0 Å². The number of ether oxygens (including phenoxy) is 1. The molecule has 1 amide bonds. The maximum atomic E-state index is 11.9. The standard InChI is InChI=1S/C13H17N.C9H11F2NO2S.CH3NO/c1-14-13-11-6-2-4-9(11)8-10-5-3-7-12(10)13;1-6(14-9(10)11)7-2-4-8(5-3-7)15(12)13;2-1-3/h8,14H,2-7H2,1H3;2-6,9H,12H2,1H3;1H,(H2,2,3). The number of alkyl halides is 2. The fraction of sp³-hybridized carbons (Fsp3) is 0.435. The fourth-order valence-corrected chi connectivity index (χ4v) is 4.63. The van der Waals surface area contributed by atoms with Crippen molar-refractivity contribution in [3.05, 3.63) is 58.1 Å². The summed E-state index contributed by atoms with van der Waals surface area (Å²) in [7, 11) is 0.526. The second-order valence-corrected chi connectivity index (χ2v) is 8.59. The molecule has 4 rings (SSSR count). The molecule has 2 aromatic rings. The predicted octanol–water partition coefficient (Wildman–Crippen LogP) is 3.78. The maximum absolute atomic E-state index is 11.9. The number of primary amides is 1. The highest BCUT2D eigenvalue weighted by Crippen LogP contribution is 2.38. The summed E-state index contributed by atoms with van der Waals surface area (Å²) in [6.45, 7) is -1.29. The molecule has 176 valence electrons. The Morgan fingerprint density at radius 2 is 1.56 bits per heavy atom. The zero-order valence-electron chi connectivity index (χ0n) is 18.4. The molecule has 0 bridgehead atoms. The lowest BCUT2D eigenvalue weighted by Crippen LogP contribution is -2.06. The van der Waals surface area contributed by atoms with Gasteiger partial charge in [-0.25, -0.2) is 9.35 Å². The molecule has 2 aliphatic rings. The molecule has 0 radical (unpaired) electrons. The molecule has 2 unspecified atom stereocenters. The average Bonchev–Trinajstić information content (AvgIpc) is 3.41. The van der Waals surface area contributed by atoms with Crippen LogP contribution in [0.2, 0.25) is 0 Å². The van der Waals surface area contributed by atoms with Crippen LogP contribution in [-0.4, -0.2) is 24.3 Å². The lowest BCUT2D eigenvalue weighted by atomic mass is 9.99. The normalized spacial score (nSPS) is 15.4. The molecule has 9 heteroatoms. The van der Waals surface area contributed by atoms with Gasteiger partial charge in [0.25, 0.3) is 0 Å². The smallest absolute Gasteiger partial charge is 0.345 e. The molecule has 0 aliphatic heterocycles. The van der Waals surface area contributed by atoms with E-state index in [1.54, 1.807) is 34.4 Å². The molecule has 0 fully saturated rings. The van der Waals surface area contributed by atoms with Crippen molar-refractivity contribution >= 4 is 23.1 Å². The second-order valence-electron chi connectivity index (χ2n) is 7.53. The number of aryl methyl sites for hydroxylation is 2. The first-order valence-electron chi connectivity index (χ1n) is 10.5. The Morgan fingerprint density at radius 3 is 1.97 bits per heavy atom. The molecular formula is C23H31F2N3O3S. The van der Waals surface area contributed by atoms with E-state index in [1.807, 2.05) is 0 Å². The van der Waals surface area contributed by atoms with Crippen LogP contribution in [0.5, 0.6) is 0 Å². The number of halogens is 2.